The summed E-state index contributed by atoms with van der Waals surface area (Å²) in [5, 5.41) is 10.5. The number of para-hydroxylation sites is 1. The molecule has 1 heterocycles. The highest BCUT2D eigenvalue weighted by Crippen LogP contribution is 2.36. The predicted octanol–water partition coefficient (Wildman–Crippen LogP) is 3.39. The molecule has 3 rings (SSSR count). The van der Waals surface area contributed by atoms with Crippen LogP contribution in [0.15, 0.2) is 42.5 Å². The molecule has 0 radical (unpaired) electrons. The Balaban J connectivity index is 1.62. The van der Waals surface area contributed by atoms with Crippen molar-refractivity contribution >= 4 is 24.8 Å². The largest absolute Gasteiger partial charge is 0.535 e. The molecule has 8 nitrogen and oxygen atoms in total. The molecule has 1 N–H and O–H groups in total. The molecule has 0 spiro atoms. The summed E-state index contributed by atoms with van der Waals surface area (Å²) in [6, 6.07) is 12.2. The van der Waals surface area contributed by atoms with Crippen LogP contribution < -0.4 is 9.39 Å². The Bertz CT molecular complexity index is 1060. The van der Waals surface area contributed by atoms with Crippen molar-refractivity contribution in [3.05, 3.63) is 59.2 Å². The van der Waals surface area contributed by atoms with Crippen LogP contribution in [0.3, 0.4) is 0 Å². The summed E-state index contributed by atoms with van der Waals surface area (Å²) in [4.78, 5) is 37.0. The van der Waals surface area contributed by atoms with Gasteiger partial charge in [-0.25, -0.2) is 4.79 Å². The molecule has 0 unspecified atom stereocenters. The van der Waals surface area contributed by atoms with E-state index in [4.69, 9.17) is 18.9 Å². The molecule has 0 aliphatic carbocycles. The highest BCUT2D eigenvalue weighted by Gasteiger charge is 2.38. The van der Waals surface area contributed by atoms with Crippen molar-refractivity contribution in [2.45, 2.75) is 45.9 Å². The third-order valence-corrected chi connectivity index (χ3v) is 5.46. The zero-order chi connectivity index (χ0) is 24.9. The van der Waals surface area contributed by atoms with Crippen molar-refractivity contribution in [3.63, 3.8) is 0 Å². The molecule has 0 bridgehead atoms. The first-order valence-corrected chi connectivity index (χ1v) is 11.0. The van der Waals surface area contributed by atoms with E-state index in [1.807, 2.05) is 12.1 Å². The summed E-state index contributed by atoms with van der Waals surface area (Å²) in [6.07, 6.45) is 0.697. The first kappa shape index (κ1) is 25.3. The molecule has 34 heavy (non-hydrogen) atoms. The minimum Gasteiger partial charge on any atom is -0.535 e. The van der Waals surface area contributed by atoms with Gasteiger partial charge in [0.1, 0.15) is 22.8 Å². The van der Waals surface area contributed by atoms with Gasteiger partial charge in [-0.1, -0.05) is 24.3 Å². The van der Waals surface area contributed by atoms with Crippen LogP contribution in [0, 0.1) is 5.41 Å². The quantitative estimate of drug-likeness (QED) is 0.357. The lowest BCUT2D eigenvalue weighted by Crippen LogP contribution is -2.36. The number of methoxy groups -OCH3 is 1. The van der Waals surface area contributed by atoms with E-state index < -0.39 is 37.1 Å². The molecular formula is C25H29BO8. The Morgan fingerprint density at radius 2 is 1.85 bits per heavy atom. The van der Waals surface area contributed by atoms with Crippen LogP contribution in [0.2, 0.25) is 5.82 Å². The van der Waals surface area contributed by atoms with Gasteiger partial charge < -0.3 is 23.9 Å². The number of fused-ring (bicyclic) bond motifs is 1. The van der Waals surface area contributed by atoms with Crippen molar-refractivity contribution in [3.8, 4) is 11.5 Å². The second kappa shape index (κ2) is 10.7. The fraction of sp³-hybridized carbons (Fsp3) is 0.400. The summed E-state index contributed by atoms with van der Waals surface area (Å²) < 4.78 is 20.9. The Morgan fingerprint density at radius 1 is 1.12 bits per heavy atom. The standard InChI is InChI=1S/C25H29BO8/c1-25(2,3)24(29)33-15-32-23(28)21-10-6-8-17-13-18(26(30)34-22(17)21)14-19(27)11-16-7-5-9-20(12-16)31-4/h5-10,12,18,30H,11,13-15H2,1-4H3/t18-/m1/s1. The maximum atomic E-state index is 12.6. The van der Waals surface area contributed by atoms with E-state index in [0.29, 0.717) is 17.7 Å². The van der Waals surface area contributed by atoms with Gasteiger partial charge in [0, 0.05) is 18.7 Å². The summed E-state index contributed by atoms with van der Waals surface area (Å²) in [5.41, 5.74) is 0.910. The third kappa shape index (κ3) is 6.38. The molecule has 0 amide bonds. The summed E-state index contributed by atoms with van der Waals surface area (Å²) in [5.74, 6) is -0.849. The minimum atomic E-state index is -1.26. The SMILES string of the molecule is COc1cccc(CC(=O)C[C@H]2Cc3cccc(C(=O)OCOC(=O)C(C)(C)C)c3OB2O)c1. The average molecular weight is 468 g/mol. The smallest absolute Gasteiger partial charge is 0.526 e. The van der Waals surface area contributed by atoms with Gasteiger partial charge in [-0.05, 0) is 56.5 Å². The van der Waals surface area contributed by atoms with Crippen LogP contribution in [-0.2, 0) is 31.9 Å². The monoisotopic (exact) mass is 468 g/mol. The molecule has 2 aromatic carbocycles. The van der Waals surface area contributed by atoms with Gasteiger partial charge >= 0.3 is 19.1 Å². The van der Waals surface area contributed by atoms with Gasteiger partial charge in [0.2, 0.25) is 6.79 Å². The molecule has 1 atom stereocenters. The fourth-order valence-electron chi connectivity index (χ4n) is 3.62. The number of benzene rings is 2. The number of hydrogen-bond donors (Lipinski definition) is 1. The first-order valence-electron chi connectivity index (χ1n) is 11.0. The molecule has 2 aromatic rings. The second-order valence-electron chi connectivity index (χ2n) is 9.27. The molecule has 0 fully saturated rings. The molecule has 0 saturated carbocycles. The van der Waals surface area contributed by atoms with E-state index in [-0.39, 0.29) is 29.9 Å². The van der Waals surface area contributed by atoms with E-state index in [9.17, 15) is 19.4 Å². The normalized spacial score (nSPS) is 15.1. The minimum absolute atomic E-state index is 0.0411. The van der Waals surface area contributed by atoms with Gasteiger partial charge in [-0.2, -0.15) is 0 Å². The molecule has 0 aromatic heterocycles. The average Bonchev–Trinajstić information content (AvgIpc) is 2.78. The maximum absolute atomic E-state index is 12.6. The summed E-state index contributed by atoms with van der Waals surface area (Å²) in [6.45, 7) is 4.55. The number of rotatable bonds is 8. The number of ketones is 1. The van der Waals surface area contributed by atoms with Crippen LogP contribution in [0.5, 0.6) is 11.5 Å². The van der Waals surface area contributed by atoms with Gasteiger partial charge in [-0.15, -0.1) is 0 Å². The highest BCUT2D eigenvalue weighted by atomic mass is 16.7. The van der Waals surface area contributed by atoms with Crippen molar-refractivity contribution in [2.24, 2.45) is 5.41 Å². The number of carbonyl (C=O) groups excluding carboxylic acids is 3. The summed E-state index contributed by atoms with van der Waals surface area (Å²) >= 11 is 0. The first-order chi connectivity index (χ1) is 16.1. The zero-order valence-corrected chi connectivity index (χ0v) is 19.8. The van der Waals surface area contributed by atoms with E-state index in [2.05, 4.69) is 0 Å². The van der Waals surface area contributed by atoms with Crippen molar-refractivity contribution in [1.29, 1.82) is 0 Å². The van der Waals surface area contributed by atoms with Crippen LogP contribution in [0.4, 0.5) is 0 Å². The number of esters is 2. The third-order valence-electron chi connectivity index (χ3n) is 5.46. The van der Waals surface area contributed by atoms with Crippen molar-refractivity contribution in [2.75, 3.05) is 13.9 Å². The van der Waals surface area contributed by atoms with Gasteiger partial charge in [0.15, 0.2) is 0 Å². The Morgan fingerprint density at radius 3 is 2.56 bits per heavy atom. The predicted molar refractivity (Wildman–Crippen MR) is 125 cm³/mol. The van der Waals surface area contributed by atoms with Crippen molar-refractivity contribution < 1.29 is 38.3 Å². The molecule has 0 saturated heterocycles. The van der Waals surface area contributed by atoms with Crippen LogP contribution in [-0.4, -0.2) is 43.8 Å². The molecule has 1 aliphatic heterocycles. The molecule has 1 aliphatic rings. The van der Waals surface area contributed by atoms with Crippen LogP contribution in [0.25, 0.3) is 0 Å². The van der Waals surface area contributed by atoms with E-state index in [1.165, 1.54) is 6.07 Å². The van der Waals surface area contributed by atoms with E-state index in [0.717, 1.165) is 5.56 Å². The number of ether oxygens (including phenoxy) is 3. The number of Topliss-reactive ketones (excluding diaryl/α,β-unsaturated/α-hetero) is 1. The lowest BCUT2D eigenvalue weighted by atomic mass is 9.64. The van der Waals surface area contributed by atoms with Crippen LogP contribution >= 0.6 is 0 Å². The van der Waals surface area contributed by atoms with Gasteiger partial charge in [0.05, 0.1) is 12.5 Å². The Hall–Kier alpha value is -3.33. The van der Waals surface area contributed by atoms with E-state index >= 15 is 0 Å². The molecule has 180 valence electrons. The molecule has 9 heteroatoms. The van der Waals surface area contributed by atoms with E-state index in [1.54, 1.807) is 52.1 Å². The zero-order valence-electron chi connectivity index (χ0n) is 19.8. The highest BCUT2D eigenvalue weighted by molar-refractivity contribution is 6.47. The number of hydrogen-bond acceptors (Lipinski definition) is 8. The molecular weight excluding hydrogens is 439 g/mol. The van der Waals surface area contributed by atoms with Crippen LogP contribution in [0.1, 0.15) is 48.7 Å². The van der Waals surface area contributed by atoms with Crippen molar-refractivity contribution in [1.82, 2.24) is 0 Å². The lowest BCUT2D eigenvalue weighted by molar-refractivity contribution is -0.161. The Labute approximate surface area is 199 Å². The Kier molecular flexibility index (Phi) is 7.99. The lowest BCUT2D eigenvalue weighted by Gasteiger charge is -2.28. The second-order valence-corrected chi connectivity index (χ2v) is 9.27. The number of carbonyl (C=O) groups is 3. The fourth-order valence-corrected chi connectivity index (χ4v) is 3.62. The van der Waals surface area contributed by atoms with Gasteiger partial charge in [0.25, 0.3) is 0 Å². The topological polar surface area (TPSA) is 108 Å². The summed E-state index contributed by atoms with van der Waals surface area (Å²) in [7, 11) is 0.311. The maximum Gasteiger partial charge on any atom is 0.526 e. The van der Waals surface area contributed by atoms with Gasteiger partial charge in [-0.3, -0.25) is 9.59 Å².